The highest BCUT2D eigenvalue weighted by molar-refractivity contribution is 6.31. The maximum Gasteiger partial charge on any atom is 0.208 e. The smallest absolute Gasteiger partial charge is 0.208 e. The number of rotatable bonds is 4. The lowest BCUT2D eigenvalue weighted by atomic mass is 9.93. The molecule has 1 atom stereocenters. The predicted octanol–water partition coefficient (Wildman–Crippen LogP) is 3.07. The summed E-state index contributed by atoms with van der Waals surface area (Å²) in [5.41, 5.74) is 1.83. The zero-order chi connectivity index (χ0) is 17.4. The van der Waals surface area contributed by atoms with Gasteiger partial charge in [0, 0.05) is 40.4 Å². The number of carbonyl (C=O) groups excluding carboxylic acids is 2. The van der Waals surface area contributed by atoms with Crippen molar-refractivity contribution in [1.82, 2.24) is 14.8 Å². The van der Waals surface area contributed by atoms with Crippen LogP contribution in [0, 0.1) is 24.2 Å². The Kier molecular flexibility index (Phi) is 3.96. The summed E-state index contributed by atoms with van der Waals surface area (Å²) >= 11 is 5.92. The Morgan fingerprint density at radius 3 is 2.71 bits per heavy atom. The van der Waals surface area contributed by atoms with E-state index in [0.717, 1.165) is 5.69 Å². The monoisotopic (exact) mass is 340 g/mol. The number of aryl methyl sites for hydroxylation is 2. The van der Waals surface area contributed by atoms with Gasteiger partial charge >= 0.3 is 0 Å². The lowest BCUT2D eigenvalue weighted by Crippen LogP contribution is -2.23. The van der Waals surface area contributed by atoms with Crippen LogP contribution in [0.25, 0.3) is 10.9 Å². The van der Waals surface area contributed by atoms with Crippen molar-refractivity contribution >= 4 is 34.1 Å². The van der Waals surface area contributed by atoms with Crippen molar-refractivity contribution in [3.63, 3.8) is 0 Å². The molecule has 120 valence electrons. The quantitative estimate of drug-likeness (QED) is 0.583. The second-order valence-corrected chi connectivity index (χ2v) is 5.91. The predicted molar refractivity (Wildman–Crippen MR) is 89.0 cm³/mol. The van der Waals surface area contributed by atoms with Crippen molar-refractivity contribution in [1.29, 1.82) is 5.26 Å². The summed E-state index contributed by atoms with van der Waals surface area (Å²) in [5, 5.41) is 14.6. The van der Waals surface area contributed by atoms with Crippen LogP contribution in [0.2, 0.25) is 5.02 Å². The third-order valence-corrected chi connectivity index (χ3v) is 4.16. The first-order valence-corrected chi connectivity index (χ1v) is 7.55. The number of nitriles is 1. The second kappa shape index (κ2) is 5.95. The first-order chi connectivity index (χ1) is 11.4. The molecular weight excluding hydrogens is 328 g/mol. The van der Waals surface area contributed by atoms with Crippen LogP contribution in [-0.4, -0.2) is 26.3 Å². The first-order valence-electron chi connectivity index (χ1n) is 7.17. The van der Waals surface area contributed by atoms with E-state index in [4.69, 9.17) is 11.6 Å². The van der Waals surface area contributed by atoms with Crippen LogP contribution in [0.5, 0.6) is 0 Å². The maximum absolute atomic E-state index is 12.7. The van der Waals surface area contributed by atoms with E-state index in [1.165, 1.54) is 10.9 Å². The molecule has 0 aliphatic heterocycles. The van der Waals surface area contributed by atoms with Crippen LogP contribution in [0.4, 0.5) is 0 Å². The van der Waals surface area contributed by atoms with Crippen LogP contribution >= 0.6 is 11.6 Å². The molecule has 0 saturated heterocycles. The van der Waals surface area contributed by atoms with Crippen molar-refractivity contribution in [3.8, 4) is 6.07 Å². The average molecular weight is 341 g/mol. The minimum atomic E-state index is -1.44. The molecule has 0 aliphatic rings. The highest BCUT2D eigenvalue weighted by Gasteiger charge is 2.31. The van der Waals surface area contributed by atoms with E-state index in [1.54, 1.807) is 44.3 Å². The van der Waals surface area contributed by atoms with Crippen molar-refractivity contribution in [2.45, 2.75) is 6.92 Å². The zero-order valence-corrected chi connectivity index (χ0v) is 13.8. The Balaban J connectivity index is 1.99. The highest BCUT2D eigenvalue weighted by Crippen LogP contribution is 2.25. The highest BCUT2D eigenvalue weighted by atomic mass is 35.5. The molecule has 2 aromatic heterocycles. The summed E-state index contributed by atoms with van der Waals surface area (Å²) in [6, 6.07) is 8.39. The molecule has 0 bridgehead atoms. The van der Waals surface area contributed by atoms with E-state index in [1.807, 2.05) is 0 Å². The number of carbonyl (C=O) groups is 2. The minimum Gasteiger partial charge on any atom is -0.360 e. The van der Waals surface area contributed by atoms with Crippen molar-refractivity contribution in [3.05, 3.63) is 52.4 Å². The number of nitrogens with one attached hydrogen (secondary N) is 1. The Labute approximate surface area is 142 Å². The third kappa shape index (κ3) is 2.59. The molecule has 0 saturated carbocycles. The number of H-pyrrole nitrogens is 1. The van der Waals surface area contributed by atoms with Gasteiger partial charge in [0.05, 0.1) is 6.07 Å². The molecule has 6 nitrogen and oxygen atoms in total. The largest absolute Gasteiger partial charge is 0.360 e. The summed E-state index contributed by atoms with van der Waals surface area (Å²) in [6.45, 7) is 1.79. The third-order valence-electron chi connectivity index (χ3n) is 3.93. The average Bonchev–Trinajstić information content (AvgIpc) is 3.11. The Hall–Kier alpha value is -2.91. The molecule has 0 radical (unpaired) electrons. The molecule has 1 N–H and O–H groups in total. The number of ketones is 2. The number of halogens is 1. The summed E-state index contributed by atoms with van der Waals surface area (Å²) in [7, 11) is 1.69. The number of Topliss-reactive ketones (excluding diaryl/α,β-unsaturated/α-hetero) is 2. The molecule has 0 aliphatic carbocycles. The van der Waals surface area contributed by atoms with Crippen molar-refractivity contribution in [2.24, 2.45) is 13.0 Å². The Morgan fingerprint density at radius 1 is 1.33 bits per heavy atom. The Bertz CT molecular complexity index is 990. The number of aromatic amines is 1. The van der Waals surface area contributed by atoms with Crippen molar-refractivity contribution in [2.75, 3.05) is 0 Å². The Morgan fingerprint density at radius 2 is 2.08 bits per heavy atom. The molecule has 24 heavy (non-hydrogen) atoms. The maximum atomic E-state index is 12.7. The summed E-state index contributed by atoms with van der Waals surface area (Å²) in [4.78, 5) is 28.2. The molecular formula is C17H13ClN4O2. The van der Waals surface area contributed by atoms with Gasteiger partial charge in [0.2, 0.25) is 5.78 Å². The molecule has 0 unspecified atom stereocenters. The van der Waals surface area contributed by atoms with Gasteiger partial charge in [-0.15, -0.1) is 0 Å². The fraction of sp³-hybridized carbons (Fsp3) is 0.176. The van der Waals surface area contributed by atoms with E-state index >= 15 is 0 Å². The molecule has 2 heterocycles. The normalized spacial score (nSPS) is 12.1. The van der Waals surface area contributed by atoms with Gasteiger partial charge in [-0.1, -0.05) is 17.7 Å². The van der Waals surface area contributed by atoms with Crippen LogP contribution in [0.1, 0.15) is 26.5 Å². The van der Waals surface area contributed by atoms with Gasteiger partial charge in [0.25, 0.3) is 0 Å². The lowest BCUT2D eigenvalue weighted by molar-refractivity contribution is 0.0843. The second-order valence-electron chi connectivity index (χ2n) is 5.48. The molecule has 0 amide bonds. The van der Waals surface area contributed by atoms with Gasteiger partial charge in [-0.05, 0) is 25.1 Å². The minimum absolute atomic E-state index is 0.109. The lowest BCUT2D eigenvalue weighted by Gasteiger charge is -2.05. The van der Waals surface area contributed by atoms with Gasteiger partial charge in [-0.3, -0.25) is 14.3 Å². The number of hydrogen-bond donors (Lipinski definition) is 1. The summed E-state index contributed by atoms with van der Waals surface area (Å²) < 4.78 is 1.53. The topological polar surface area (TPSA) is 91.5 Å². The van der Waals surface area contributed by atoms with E-state index in [-0.39, 0.29) is 11.3 Å². The molecule has 7 heteroatoms. The van der Waals surface area contributed by atoms with E-state index < -0.39 is 17.5 Å². The number of nitrogens with zero attached hydrogens (tertiary/aromatic N) is 3. The van der Waals surface area contributed by atoms with Gasteiger partial charge in [0.1, 0.15) is 5.69 Å². The van der Waals surface area contributed by atoms with Gasteiger partial charge in [0.15, 0.2) is 11.7 Å². The summed E-state index contributed by atoms with van der Waals surface area (Å²) in [5.74, 6) is -2.59. The molecule has 3 aromatic rings. The number of aromatic nitrogens is 3. The SMILES string of the molecule is Cc1cc(C(=O)[C@H](C#N)C(=O)c2c[nH]c3cc(Cl)ccc23)nn1C. The van der Waals surface area contributed by atoms with Crippen LogP contribution < -0.4 is 0 Å². The van der Waals surface area contributed by atoms with E-state index in [0.29, 0.717) is 15.9 Å². The molecule has 0 spiro atoms. The molecule has 1 aromatic carbocycles. The standard InChI is InChI=1S/C17H13ClN4O2/c1-9-5-15(21-22(9)2)17(24)12(7-19)16(23)13-8-20-14-6-10(18)3-4-11(13)14/h3-6,8,12,20H,1-2H3/t12-/m1/s1. The first kappa shape index (κ1) is 16.0. The number of benzene rings is 1. The fourth-order valence-electron chi connectivity index (χ4n) is 2.52. The van der Waals surface area contributed by atoms with Crippen LogP contribution in [0.15, 0.2) is 30.5 Å². The summed E-state index contributed by atoms with van der Waals surface area (Å²) in [6.07, 6.45) is 1.49. The molecule has 0 fully saturated rings. The number of hydrogen-bond acceptors (Lipinski definition) is 4. The van der Waals surface area contributed by atoms with E-state index in [2.05, 4.69) is 10.1 Å². The van der Waals surface area contributed by atoms with Crippen molar-refractivity contribution < 1.29 is 9.59 Å². The van der Waals surface area contributed by atoms with Crippen LogP contribution in [0.3, 0.4) is 0 Å². The molecule has 3 rings (SSSR count). The van der Waals surface area contributed by atoms with Gasteiger partial charge < -0.3 is 4.98 Å². The zero-order valence-electron chi connectivity index (χ0n) is 13.0. The van der Waals surface area contributed by atoms with Crippen LogP contribution in [-0.2, 0) is 7.05 Å². The van der Waals surface area contributed by atoms with Gasteiger partial charge in [-0.25, -0.2) is 0 Å². The van der Waals surface area contributed by atoms with E-state index in [9.17, 15) is 14.9 Å². The number of fused-ring (bicyclic) bond motifs is 1. The van der Waals surface area contributed by atoms with Gasteiger partial charge in [-0.2, -0.15) is 10.4 Å². The fourth-order valence-corrected chi connectivity index (χ4v) is 2.70.